The summed E-state index contributed by atoms with van der Waals surface area (Å²) in [5, 5.41) is 0. The Balaban J connectivity index is 2.31. The van der Waals surface area contributed by atoms with Crippen LogP contribution in [0.1, 0.15) is 36.1 Å². The summed E-state index contributed by atoms with van der Waals surface area (Å²) in [5.41, 5.74) is 0.666. The Morgan fingerprint density at radius 3 is 2.28 bits per heavy atom. The molecule has 1 aromatic carbocycles. The van der Waals surface area contributed by atoms with Gasteiger partial charge in [0.05, 0.1) is 14.2 Å². The van der Waals surface area contributed by atoms with Crippen LogP contribution in [0.4, 0.5) is 4.39 Å². The van der Waals surface area contributed by atoms with Crippen LogP contribution in [-0.4, -0.2) is 14.2 Å². The molecule has 0 N–H and O–H groups in total. The highest BCUT2D eigenvalue weighted by atomic mass is 79.9. The van der Waals surface area contributed by atoms with E-state index >= 15 is 0 Å². The Morgan fingerprint density at radius 2 is 1.72 bits per heavy atom. The molecule has 0 aromatic heterocycles. The van der Waals surface area contributed by atoms with Gasteiger partial charge in [0, 0.05) is 16.5 Å². The van der Waals surface area contributed by atoms with Crippen molar-refractivity contribution in [3.8, 4) is 11.5 Å². The van der Waals surface area contributed by atoms with Gasteiger partial charge in [-0.3, -0.25) is 0 Å². The molecule has 1 aliphatic carbocycles. The Morgan fingerprint density at radius 1 is 1.17 bits per heavy atom. The molecule has 100 valence electrons. The molecule has 4 heteroatoms. The minimum absolute atomic E-state index is 0.0554. The monoisotopic (exact) mass is 316 g/mol. The first-order valence-corrected chi connectivity index (χ1v) is 7.14. The van der Waals surface area contributed by atoms with E-state index in [4.69, 9.17) is 9.47 Å². The zero-order valence-electron chi connectivity index (χ0n) is 10.7. The smallest absolute Gasteiger partial charge is 0.163 e. The maximum atomic E-state index is 14.1. The third kappa shape index (κ3) is 2.63. The van der Waals surface area contributed by atoms with Gasteiger partial charge in [0.1, 0.15) is 5.82 Å². The van der Waals surface area contributed by atoms with Crippen molar-refractivity contribution in [1.29, 1.82) is 0 Å². The third-order valence-corrected chi connectivity index (χ3v) is 4.85. The van der Waals surface area contributed by atoms with E-state index in [1.807, 2.05) is 0 Å². The molecule has 1 saturated carbocycles. The summed E-state index contributed by atoms with van der Waals surface area (Å²) in [7, 11) is 3.08. The predicted molar refractivity (Wildman–Crippen MR) is 73.1 cm³/mol. The Hall–Kier alpha value is -0.770. The van der Waals surface area contributed by atoms with Crippen LogP contribution in [0, 0.1) is 11.7 Å². The topological polar surface area (TPSA) is 18.5 Å². The molecular weight excluding hydrogens is 299 g/mol. The fraction of sp³-hybridized carbons (Fsp3) is 0.571. The van der Waals surface area contributed by atoms with Gasteiger partial charge >= 0.3 is 0 Å². The molecule has 0 saturated heterocycles. The van der Waals surface area contributed by atoms with Gasteiger partial charge in [0.25, 0.3) is 0 Å². The number of methoxy groups -OCH3 is 2. The molecule has 1 unspecified atom stereocenters. The van der Waals surface area contributed by atoms with Gasteiger partial charge in [-0.15, -0.1) is 0 Å². The molecule has 2 nitrogen and oxygen atoms in total. The van der Waals surface area contributed by atoms with Gasteiger partial charge in [-0.25, -0.2) is 4.39 Å². The highest BCUT2D eigenvalue weighted by Gasteiger charge is 2.27. The Bertz CT molecular complexity index is 417. The minimum atomic E-state index is -0.235. The lowest BCUT2D eigenvalue weighted by Gasteiger charge is -2.19. The van der Waals surface area contributed by atoms with Crippen LogP contribution >= 0.6 is 15.9 Å². The van der Waals surface area contributed by atoms with Gasteiger partial charge < -0.3 is 9.47 Å². The maximum absolute atomic E-state index is 14.1. The number of alkyl halides is 1. The normalized spacial score (nSPS) is 17.8. The van der Waals surface area contributed by atoms with Crippen LogP contribution in [0.25, 0.3) is 0 Å². The molecular formula is C14H18BrFO2. The van der Waals surface area contributed by atoms with Crippen molar-refractivity contribution in [2.45, 2.75) is 30.5 Å². The number of hydrogen-bond donors (Lipinski definition) is 0. The van der Waals surface area contributed by atoms with Gasteiger partial charge in [-0.05, 0) is 24.8 Å². The standard InChI is InChI=1S/C14H18BrFO2/c1-17-12-7-10(11(16)8-13(12)18-2)14(15)9-5-3-4-6-9/h7-9,14H,3-6H2,1-2H3. The lowest BCUT2D eigenvalue weighted by molar-refractivity contribution is 0.351. The van der Waals surface area contributed by atoms with E-state index in [0.29, 0.717) is 23.0 Å². The highest BCUT2D eigenvalue weighted by molar-refractivity contribution is 9.09. The Labute approximate surface area is 116 Å². The van der Waals surface area contributed by atoms with E-state index in [1.54, 1.807) is 13.2 Å². The van der Waals surface area contributed by atoms with Crippen LogP contribution in [-0.2, 0) is 0 Å². The summed E-state index contributed by atoms with van der Waals surface area (Å²) in [6.07, 6.45) is 4.79. The summed E-state index contributed by atoms with van der Waals surface area (Å²) < 4.78 is 24.4. The largest absolute Gasteiger partial charge is 0.493 e. The maximum Gasteiger partial charge on any atom is 0.163 e. The fourth-order valence-corrected chi connectivity index (χ4v) is 3.46. The molecule has 0 bridgehead atoms. The van der Waals surface area contributed by atoms with E-state index in [1.165, 1.54) is 26.0 Å². The van der Waals surface area contributed by atoms with Crippen LogP contribution in [0.5, 0.6) is 11.5 Å². The summed E-state index contributed by atoms with van der Waals surface area (Å²) in [6, 6.07) is 3.14. The van der Waals surface area contributed by atoms with Gasteiger partial charge in [0.15, 0.2) is 11.5 Å². The van der Waals surface area contributed by atoms with E-state index in [2.05, 4.69) is 15.9 Å². The van der Waals surface area contributed by atoms with Crippen LogP contribution in [0.3, 0.4) is 0 Å². The first-order chi connectivity index (χ1) is 8.67. The van der Waals surface area contributed by atoms with Crippen LogP contribution < -0.4 is 9.47 Å². The number of hydrogen-bond acceptors (Lipinski definition) is 2. The van der Waals surface area contributed by atoms with Gasteiger partial charge in [-0.2, -0.15) is 0 Å². The molecule has 1 aromatic rings. The SMILES string of the molecule is COc1cc(F)c(C(Br)C2CCCC2)cc1OC. The summed E-state index contributed by atoms with van der Waals surface area (Å²) in [5.74, 6) is 1.29. The first-order valence-electron chi connectivity index (χ1n) is 6.23. The molecule has 0 spiro atoms. The third-order valence-electron chi connectivity index (χ3n) is 3.61. The Kier molecular flexibility index (Phi) is 4.49. The number of ether oxygens (including phenoxy) is 2. The zero-order chi connectivity index (χ0) is 13.1. The molecule has 0 aliphatic heterocycles. The van der Waals surface area contributed by atoms with E-state index in [0.717, 1.165) is 12.8 Å². The molecule has 1 atom stereocenters. The van der Waals surface area contributed by atoms with Crippen molar-refractivity contribution in [3.63, 3.8) is 0 Å². The second kappa shape index (κ2) is 5.91. The summed E-state index contributed by atoms with van der Waals surface area (Å²) in [4.78, 5) is 0.0554. The second-order valence-corrected chi connectivity index (χ2v) is 5.66. The van der Waals surface area contributed by atoms with Crippen molar-refractivity contribution in [2.24, 2.45) is 5.92 Å². The molecule has 1 aliphatic rings. The van der Waals surface area contributed by atoms with Gasteiger partial charge in [0.2, 0.25) is 0 Å². The van der Waals surface area contributed by atoms with Crippen molar-refractivity contribution in [1.82, 2.24) is 0 Å². The fourth-order valence-electron chi connectivity index (χ4n) is 2.59. The number of halogens is 2. The second-order valence-electron chi connectivity index (χ2n) is 4.68. The average Bonchev–Trinajstić information content (AvgIpc) is 2.91. The van der Waals surface area contributed by atoms with Gasteiger partial charge in [-0.1, -0.05) is 28.8 Å². The minimum Gasteiger partial charge on any atom is -0.493 e. The van der Waals surface area contributed by atoms with Crippen molar-refractivity contribution in [2.75, 3.05) is 14.2 Å². The molecule has 18 heavy (non-hydrogen) atoms. The van der Waals surface area contributed by atoms with Crippen LogP contribution in [0.2, 0.25) is 0 Å². The van der Waals surface area contributed by atoms with Crippen molar-refractivity contribution in [3.05, 3.63) is 23.5 Å². The summed E-state index contributed by atoms with van der Waals surface area (Å²) >= 11 is 3.64. The lowest BCUT2D eigenvalue weighted by Crippen LogP contribution is -2.06. The van der Waals surface area contributed by atoms with Crippen LogP contribution in [0.15, 0.2) is 12.1 Å². The quantitative estimate of drug-likeness (QED) is 0.763. The first kappa shape index (κ1) is 13.7. The zero-order valence-corrected chi connectivity index (χ0v) is 12.3. The number of benzene rings is 1. The van der Waals surface area contributed by atoms with E-state index < -0.39 is 0 Å². The molecule has 0 heterocycles. The molecule has 2 rings (SSSR count). The highest BCUT2D eigenvalue weighted by Crippen LogP contribution is 2.44. The molecule has 1 fully saturated rings. The molecule has 0 amide bonds. The molecule has 0 radical (unpaired) electrons. The summed E-state index contributed by atoms with van der Waals surface area (Å²) in [6.45, 7) is 0. The van der Waals surface area contributed by atoms with Crippen molar-refractivity contribution < 1.29 is 13.9 Å². The van der Waals surface area contributed by atoms with Crippen molar-refractivity contribution >= 4 is 15.9 Å². The average molecular weight is 317 g/mol. The predicted octanol–water partition coefficient (Wildman–Crippen LogP) is 4.47. The lowest BCUT2D eigenvalue weighted by atomic mass is 9.97. The van der Waals surface area contributed by atoms with E-state index in [-0.39, 0.29) is 10.6 Å². The van der Waals surface area contributed by atoms with E-state index in [9.17, 15) is 4.39 Å². The number of rotatable bonds is 4.